The van der Waals surface area contributed by atoms with Gasteiger partial charge in [-0.15, -0.1) is 16.8 Å². The van der Waals surface area contributed by atoms with Gasteiger partial charge in [0, 0.05) is 24.4 Å². The van der Waals surface area contributed by atoms with Crippen LogP contribution in [0.3, 0.4) is 0 Å². The number of carbonyl (C=O) groups excluding carboxylic acids is 2. The second kappa shape index (κ2) is 11.4. The molecule has 1 heterocycles. The van der Waals surface area contributed by atoms with Crippen molar-refractivity contribution in [3.8, 4) is 0 Å². The fourth-order valence-corrected chi connectivity index (χ4v) is 3.98. The molecule has 10 nitrogen and oxygen atoms in total. The number of hydrogen-bond acceptors (Lipinski definition) is 7. The molecule has 0 bridgehead atoms. The highest BCUT2D eigenvalue weighted by Crippen LogP contribution is 2.23. The Morgan fingerprint density at radius 3 is 2.59 bits per heavy atom. The average molecular weight is 501 g/mol. The van der Waals surface area contributed by atoms with Gasteiger partial charge >= 0.3 is 0 Å². The van der Waals surface area contributed by atoms with Crippen molar-refractivity contribution in [2.45, 2.75) is 24.7 Å². The van der Waals surface area contributed by atoms with Gasteiger partial charge in [0.05, 0.1) is 27.3 Å². The number of nitrogens with zero attached hydrogens (tertiary/aromatic N) is 4. The molecule has 0 saturated carbocycles. The van der Waals surface area contributed by atoms with Crippen molar-refractivity contribution in [1.29, 1.82) is 0 Å². The van der Waals surface area contributed by atoms with Crippen LogP contribution in [0, 0.1) is 10.1 Å². The third-order valence-corrected chi connectivity index (χ3v) is 5.90. The van der Waals surface area contributed by atoms with Crippen LogP contribution in [0.4, 0.5) is 11.4 Å². The van der Waals surface area contributed by atoms with E-state index in [2.05, 4.69) is 27.4 Å². The SMILES string of the molecule is C=CCn1c(SCC(=O)Nc2ccc([N+](=O)[O-])cc2)nnc1[C@@H](C)NC(=O)c1ccccc1Cl. The van der Waals surface area contributed by atoms with E-state index >= 15 is 0 Å². The first-order valence-corrected chi connectivity index (χ1v) is 11.4. The molecule has 3 rings (SSSR count). The van der Waals surface area contributed by atoms with Crippen LogP contribution >= 0.6 is 23.4 Å². The summed E-state index contributed by atoms with van der Waals surface area (Å²) in [6.45, 7) is 5.90. The molecule has 0 spiro atoms. The lowest BCUT2D eigenvalue weighted by atomic mass is 10.2. The Morgan fingerprint density at radius 2 is 1.94 bits per heavy atom. The number of rotatable bonds is 10. The van der Waals surface area contributed by atoms with Gasteiger partial charge in [0.15, 0.2) is 11.0 Å². The Morgan fingerprint density at radius 1 is 1.24 bits per heavy atom. The number of non-ortho nitro benzene ring substituents is 1. The summed E-state index contributed by atoms with van der Waals surface area (Å²) in [7, 11) is 0. The normalized spacial score (nSPS) is 11.5. The quantitative estimate of drug-likeness (QED) is 0.184. The molecular formula is C22H21ClN6O4S. The van der Waals surface area contributed by atoms with E-state index in [-0.39, 0.29) is 23.3 Å². The van der Waals surface area contributed by atoms with Gasteiger partial charge in [-0.3, -0.25) is 19.7 Å². The number of amides is 2. The van der Waals surface area contributed by atoms with Crippen molar-refractivity contribution in [3.05, 3.63) is 87.7 Å². The van der Waals surface area contributed by atoms with Crippen LogP contribution < -0.4 is 10.6 Å². The minimum Gasteiger partial charge on any atom is -0.342 e. The van der Waals surface area contributed by atoms with E-state index < -0.39 is 11.0 Å². The maximum absolute atomic E-state index is 12.6. The summed E-state index contributed by atoms with van der Waals surface area (Å²) < 4.78 is 1.76. The van der Waals surface area contributed by atoms with Gasteiger partial charge in [0.1, 0.15) is 0 Å². The fourth-order valence-electron chi connectivity index (χ4n) is 3.01. The van der Waals surface area contributed by atoms with E-state index in [4.69, 9.17) is 11.6 Å². The number of benzene rings is 2. The topological polar surface area (TPSA) is 132 Å². The largest absolute Gasteiger partial charge is 0.342 e. The molecule has 0 aliphatic carbocycles. The van der Waals surface area contributed by atoms with Crippen LogP contribution in [0.5, 0.6) is 0 Å². The highest BCUT2D eigenvalue weighted by Gasteiger charge is 2.21. The van der Waals surface area contributed by atoms with Gasteiger partial charge in [-0.1, -0.05) is 41.6 Å². The van der Waals surface area contributed by atoms with Crippen LogP contribution in [-0.4, -0.2) is 37.3 Å². The molecule has 0 aliphatic rings. The van der Waals surface area contributed by atoms with Gasteiger partial charge in [-0.2, -0.15) is 0 Å². The molecule has 3 aromatic rings. The minimum atomic E-state index is -0.511. The molecule has 0 saturated heterocycles. The molecule has 2 aromatic carbocycles. The van der Waals surface area contributed by atoms with Crippen molar-refractivity contribution in [1.82, 2.24) is 20.1 Å². The lowest BCUT2D eigenvalue weighted by Gasteiger charge is -2.15. The number of nitrogens with one attached hydrogen (secondary N) is 2. The lowest BCUT2D eigenvalue weighted by Crippen LogP contribution is -2.29. The van der Waals surface area contributed by atoms with Gasteiger partial charge in [-0.05, 0) is 31.2 Å². The molecule has 1 atom stereocenters. The molecule has 0 fully saturated rings. The van der Waals surface area contributed by atoms with E-state index in [0.717, 1.165) is 0 Å². The van der Waals surface area contributed by atoms with Gasteiger partial charge < -0.3 is 15.2 Å². The number of aromatic nitrogens is 3. The van der Waals surface area contributed by atoms with Crippen molar-refractivity contribution >= 4 is 46.6 Å². The summed E-state index contributed by atoms with van der Waals surface area (Å²) >= 11 is 7.27. The number of thioether (sulfide) groups is 1. The highest BCUT2D eigenvalue weighted by molar-refractivity contribution is 7.99. The molecule has 2 amide bonds. The second-order valence-electron chi connectivity index (χ2n) is 7.06. The number of carbonyl (C=O) groups is 2. The van der Waals surface area contributed by atoms with E-state index in [1.54, 1.807) is 41.8 Å². The van der Waals surface area contributed by atoms with Crippen molar-refractivity contribution < 1.29 is 14.5 Å². The van der Waals surface area contributed by atoms with Crippen molar-refractivity contribution in [3.63, 3.8) is 0 Å². The number of halogens is 1. The summed E-state index contributed by atoms with van der Waals surface area (Å²) in [6, 6.07) is 11.8. The van der Waals surface area contributed by atoms with Crippen LogP contribution in [0.15, 0.2) is 66.3 Å². The molecule has 12 heteroatoms. The van der Waals surface area contributed by atoms with Gasteiger partial charge in [0.25, 0.3) is 11.6 Å². The molecule has 2 N–H and O–H groups in total. The third kappa shape index (κ3) is 6.21. The lowest BCUT2D eigenvalue weighted by molar-refractivity contribution is -0.384. The number of hydrogen-bond donors (Lipinski definition) is 2. The Balaban J connectivity index is 1.65. The number of nitro groups is 1. The first-order valence-electron chi connectivity index (χ1n) is 10.1. The summed E-state index contributed by atoms with van der Waals surface area (Å²) in [4.78, 5) is 35.2. The summed E-state index contributed by atoms with van der Waals surface area (Å²) in [6.07, 6.45) is 1.66. The van der Waals surface area contributed by atoms with E-state index in [0.29, 0.717) is 33.8 Å². The third-order valence-electron chi connectivity index (χ3n) is 4.60. The van der Waals surface area contributed by atoms with Crippen LogP contribution in [0.2, 0.25) is 5.02 Å². The molecule has 176 valence electrons. The fraction of sp³-hybridized carbons (Fsp3) is 0.182. The predicted molar refractivity (Wildman–Crippen MR) is 130 cm³/mol. The zero-order chi connectivity index (χ0) is 24.7. The molecule has 0 unspecified atom stereocenters. The van der Waals surface area contributed by atoms with Crippen molar-refractivity contribution in [2.75, 3.05) is 11.1 Å². The standard InChI is InChI=1S/C22H21ClN6O4S/c1-3-12-28-20(14(2)24-21(31)17-6-4-5-7-18(17)23)26-27-22(28)34-13-19(30)25-15-8-10-16(11-9-15)29(32)33/h3-11,14H,1,12-13H2,2H3,(H,24,31)(H,25,30)/t14-/m1/s1. The zero-order valence-electron chi connectivity index (χ0n) is 18.1. The molecule has 0 radical (unpaired) electrons. The van der Waals surface area contributed by atoms with Crippen LogP contribution in [0.1, 0.15) is 29.1 Å². The number of anilines is 1. The summed E-state index contributed by atoms with van der Waals surface area (Å²) in [5.41, 5.74) is 0.733. The number of allylic oxidation sites excluding steroid dienone is 1. The Hall–Kier alpha value is -3.70. The second-order valence-corrected chi connectivity index (χ2v) is 8.41. The Kier molecular flexibility index (Phi) is 8.39. The Bertz CT molecular complexity index is 1210. The monoisotopic (exact) mass is 500 g/mol. The summed E-state index contributed by atoms with van der Waals surface area (Å²) in [5.74, 6) is -0.123. The maximum atomic E-state index is 12.6. The molecule has 0 aliphatic heterocycles. The van der Waals surface area contributed by atoms with Gasteiger partial charge in [-0.25, -0.2) is 0 Å². The average Bonchev–Trinajstić information content (AvgIpc) is 3.21. The van der Waals surface area contributed by atoms with Crippen LogP contribution in [0.25, 0.3) is 0 Å². The first kappa shape index (κ1) is 24.9. The maximum Gasteiger partial charge on any atom is 0.269 e. The van der Waals surface area contributed by atoms with Gasteiger partial charge in [0.2, 0.25) is 5.91 Å². The summed E-state index contributed by atoms with van der Waals surface area (Å²) in [5, 5.41) is 25.5. The van der Waals surface area contributed by atoms with E-state index in [1.807, 2.05) is 0 Å². The predicted octanol–water partition coefficient (Wildman–Crippen LogP) is 4.25. The number of nitro benzene ring substituents is 1. The molecule has 1 aromatic heterocycles. The zero-order valence-corrected chi connectivity index (χ0v) is 19.7. The smallest absolute Gasteiger partial charge is 0.269 e. The highest BCUT2D eigenvalue weighted by atomic mass is 35.5. The molecular weight excluding hydrogens is 480 g/mol. The Labute approximate surface area is 204 Å². The van der Waals surface area contributed by atoms with E-state index in [1.165, 1.54) is 36.0 Å². The van der Waals surface area contributed by atoms with Crippen molar-refractivity contribution in [2.24, 2.45) is 0 Å². The van der Waals surface area contributed by atoms with E-state index in [9.17, 15) is 19.7 Å². The first-order chi connectivity index (χ1) is 16.3. The minimum absolute atomic E-state index is 0.0344. The van der Waals surface area contributed by atoms with Crippen LogP contribution in [-0.2, 0) is 11.3 Å². The molecule has 34 heavy (non-hydrogen) atoms.